The monoisotopic (exact) mass is 235 g/mol. The normalized spacial score (nSPS) is 19.5. The fourth-order valence-electron chi connectivity index (χ4n) is 2.43. The van der Waals surface area contributed by atoms with Crippen LogP contribution in [0.2, 0.25) is 0 Å². The summed E-state index contributed by atoms with van der Waals surface area (Å²) < 4.78 is 5.68. The Labute approximate surface area is 103 Å². The highest BCUT2D eigenvalue weighted by atomic mass is 16.5. The maximum Gasteiger partial charge on any atom is 0.115 e. The molecule has 17 heavy (non-hydrogen) atoms. The second-order valence-electron chi connectivity index (χ2n) is 4.64. The summed E-state index contributed by atoms with van der Waals surface area (Å²) >= 11 is 0. The van der Waals surface area contributed by atoms with Gasteiger partial charge in [-0.15, -0.1) is 0 Å². The molecule has 1 saturated heterocycles. The van der Waals surface area contributed by atoms with E-state index in [1.807, 2.05) is 19.1 Å². The van der Waals surface area contributed by atoms with Gasteiger partial charge in [-0.1, -0.05) is 0 Å². The molecule has 1 heterocycles. The summed E-state index contributed by atoms with van der Waals surface area (Å²) in [7, 11) is 0. The van der Waals surface area contributed by atoms with Crippen molar-refractivity contribution < 1.29 is 9.84 Å². The Balaban J connectivity index is 2.10. The number of rotatable bonds is 4. The highest BCUT2D eigenvalue weighted by Gasteiger charge is 2.19. The highest BCUT2D eigenvalue weighted by Crippen LogP contribution is 2.25. The number of hydrogen-bond donors (Lipinski definition) is 1. The first-order chi connectivity index (χ1) is 8.20. The zero-order valence-corrected chi connectivity index (χ0v) is 10.6. The minimum atomic E-state index is 0.333. The van der Waals surface area contributed by atoms with E-state index >= 15 is 0 Å². The minimum absolute atomic E-state index is 0.333. The first-order valence-corrected chi connectivity index (χ1v) is 6.37. The van der Waals surface area contributed by atoms with Crippen molar-refractivity contribution >= 4 is 5.69 Å². The van der Waals surface area contributed by atoms with Crippen LogP contribution in [0.15, 0.2) is 18.2 Å². The lowest BCUT2D eigenvalue weighted by molar-refractivity contribution is 0.115. The van der Waals surface area contributed by atoms with Gasteiger partial charge in [-0.3, -0.25) is 0 Å². The summed E-state index contributed by atoms with van der Waals surface area (Å²) in [6, 6.07) is 5.55. The average molecular weight is 235 g/mol. The first-order valence-electron chi connectivity index (χ1n) is 6.37. The molecule has 1 aliphatic heterocycles. The van der Waals surface area contributed by atoms with Crippen molar-refractivity contribution in [3.8, 4) is 5.75 Å². The number of phenolic OH excluding ortho intramolecular Hbond substituents is 1. The van der Waals surface area contributed by atoms with Gasteiger partial charge in [0.1, 0.15) is 5.75 Å². The van der Waals surface area contributed by atoms with Crippen LogP contribution in [0.25, 0.3) is 0 Å². The summed E-state index contributed by atoms with van der Waals surface area (Å²) in [6.45, 7) is 7.00. The molecule has 3 nitrogen and oxygen atoms in total. The van der Waals surface area contributed by atoms with E-state index in [0.29, 0.717) is 11.9 Å². The van der Waals surface area contributed by atoms with Crippen molar-refractivity contribution in [3.63, 3.8) is 0 Å². The van der Waals surface area contributed by atoms with Crippen LogP contribution >= 0.6 is 0 Å². The van der Waals surface area contributed by atoms with Crippen LogP contribution in [0.1, 0.15) is 25.3 Å². The molecule has 94 valence electrons. The van der Waals surface area contributed by atoms with E-state index in [2.05, 4.69) is 11.8 Å². The summed E-state index contributed by atoms with van der Waals surface area (Å²) in [4.78, 5) is 2.32. The molecule has 1 aromatic carbocycles. The molecule has 1 unspecified atom stereocenters. The molecule has 0 saturated carbocycles. The molecular weight excluding hydrogens is 214 g/mol. The van der Waals surface area contributed by atoms with Crippen molar-refractivity contribution in [3.05, 3.63) is 23.8 Å². The van der Waals surface area contributed by atoms with Gasteiger partial charge in [-0.2, -0.15) is 0 Å². The van der Waals surface area contributed by atoms with Gasteiger partial charge in [0.2, 0.25) is 0 Å². The summed E-state index contributed by atoms with van der Waals surface area (Å²) in [5.74, 6) is 0.333. The Morgan fingerprint density at radius 3 is 2.88 bits per heavy atom. The molecule has 0 spiro atoms. The zero-order chi connectivity index (χ0) is 12.3. The molecule has 1 fully saturated rings. The minimum Gasteiger partial charge on any atom is -0.508 e. The van der Waals surface area contributed by atoms with Gasteiger partial charge < -0.3 is 14.7 Å². The van der Waals surface area contributed by atoms with Crippen molar-refractivity contribution in [1.29, 1.82) is 0 Å². The highest BCUT2D eigenvalue weighted by molar-refractivity contribution is 5.55. The summed E-state index contributed by atoms with van der Waals surface area (Å²) in [6.07, 6.45) is 2.70. The molecule has 1 atom stereocenters. The van der Waals surface area contributed by atoms with Crippen LogP contribution in [0, 0.1) is 6.92 Å². The molecular formula is C14H21NO2. The SMILES string of the molecule is CCN(CC1CCCO1)c1ccc(O)cc1C. The number of hydrogen-bond acceptors (Lipinski definition) is 3. The third kappa shape index (κ3) is 2.91. The van der Waals surface area contributed by atoms with Crippen molar-refractivity contribution in [2.24, 2.45) is 0 Å². The van der Waals surface area contributed by atoms with Gasteiger partial charge in [-0.25, -0.2) is 0 Å². The van der Waals surface area contributed by atoms with Crippen LogP contribution in [0.4, 0.5) is 5.69 Å². The van der Waals surface area contributed by atoms with Crippen LogP contribution in [0.5, 0.6) is 5.75 Å². The number of nitrogens with zero attached hydrogens (tertiary/aromatic N) is 1. The predicted octanol–water partition coefficient (Wildman–Crippen LogP) is 2.71. The topological polar surface area (TPSA) is 32.7 Å². The van der Waals surface area contributed by atoms with Crippen LogP contribution < -0.4 is 4.90 Å². The van der Waals surface area contributed by atoms with Gasteiger partial charge in [0.25, 0.3) is 0 Å². The lowest BCUT2D eigenvalue weighted by Gasteiger charge is -2.27. The first kappa shape index (κ1) is 12.2. The van der Waals surface area contributed by atoms with E-state index in [4.69, 9.17) is 4.74 Å². The maximum absolute atomic E-state index is 9.43. The molecule has 2 rings (SSSR count). The van der Waals surface area contributed by atoms with E-state index < -0.39 is 0 Å². The van der Waals surface area contributed by atoms with E-state index in [1.54, 1.807) is 6.07 Å². The van der Waals surface area contributed by atoms with Crippen molar-refractivity contribution in [2.45, 2.75) is 32.8 Å². The smallest absolute Gasteiger partial charge is 0.115 e. The van der Waals surface area contributed by atoms with Gasteiger partial charge in [0.15, 0.2) is 0 Å². The fourth-order valence-corrected chi connectivity index (χ4v) is 2.43. The molecule has 1 N–H and O–H groups in total. The maximum atomic E-state index is 9.43. The molecule has 3 heteroatoms. The number of phenols is 1. The molecule has 1 aromatic rings. The molecule has 1 aliphatic rings. The zero-order valence-electron chi connectivity index (χ0n) is 10.6. The molecule has 0 aliphatic carbocycles. The molecule has 0 radical (unpaired) electrons. The molecule has 0 bridgehead atoms. The van der Waals surface area contributed by atoms with E-state index in [1.165, 1.54) is 12.1 Å². The Morgan fingerprint density at radius 2 is 2.29 bits per heavy atom. The standard InChI is InChI=1S/C14H21NO2/c1-3-15(10-13-5-4-8-17-13)14-7-6-12(16)9-11(14)2/h6-7,9,13,16H,3-5,8,10H2,1-2H3. The lowest BCUT2D eigenvalue weighted by atomic mass is 10.1. The number of benzene rings is 1. The fraction of sp³-hybridized carbons (Fsp3) is 0.571. The Kier molecular flexibility index (Phi) is 3.89. The van der Waals surface area contributed by atoms with E-state index in [0.717, 1.165) is 31.7 Å². The number of anilines is 1. The lowest BCUT2D eigenvalue weighted by Crippen LogP contribution is -2.32. The Bertz CT molecular complexity index is 372. The van der Waals surface area contributed by atoms with Gasteiger partial charge in [-0.05, 0) is 50.5 Å². The third-order valence-electron chi connectivity index (χ3n) is 3.35. The van der Waals surface area contributed by atoms with E-state index in [-0.39, 0.29) is 0 Å². The summed E-state index contributed by atoms with van der Waals surface area (Å²) in [5, 5.41) is 9.43. The van der Waals surface area contributed by atoms with Crippen LogP contribution in [0.3, 0.4) is 0 Å². The van der Waals surface area contributed by atoms with Crippen LogP contribution in [-0.4, -0.2) is 30.9 Å². The second-order valence-corrected chi connectivity index (χ2v) is 4.64. The largest absolute Gasteiger partial charge is 0.508 e. The quantitative estimate of drug-likeness (QED) is 0.871. The number of ether oxygens (including phenoxy) is 1. The van der Waals surface area contributed by atoms with Gasteiger partial charge >= 0.3 is 0 Å². The number of aromatic hydroxyl groups is 1. The van der Waals surface area contributed by atoms with Gasteiger partial charge in [0.05, 0.1) is 6.10 Å². The van der Waals surface area contributed by atoms with Crippen molar-refractivity contribution in [2.75, 3.05) is 24.6 Å². The van der Waals surface area contributed by atoms with Gasteiger partial charge in [0, 0.05) is 25.4 Å². The molecule has 0 amide bonds. The number of aryl methyl sites for hydroxylation is 1. The second kappa shape index (κ2) is 5.41. The van der Waals surface area contributed by atoms with E-state index in [9.17, 15) is 5.11 Å². The summed E-state index contributed by atoms with van der Waals surface area (Å²) in [5.41, 5.74) is 2.31. The predicted molar refractivity (Wildman–Crippen MR) is 69.7 cm³/mol. The third-order valence-corrected chi connectivity index (χ3v) is 3.35. The van der Waals surface area contributed by atoms with Crippen LogP contribution in [-0.2, 0) is 4.74 Å². The number of likely N-dealkylation sites (N-methyl/N-ethyl adjacent to an activating group) is 1. The van der Waals surface area contributed by atoms with Crippen molar-refractivity contribution in [1.82, 2.24) is 0 Å². The average Bonchev–Trinajstić information content (AvgIpc) is 2.79. The molecule has 0 aromatic heterocycles. The Hall–Kier alpha value is -1.22. The Morgan fingerprint density at radius 1 is 1.47 bits per heavy atom.